The standard InChI is InChI=1S/C15H15ClO4/c1-8(2)14(18)13(16)12-10(19-3)6-4-9-5-7-11(17)20-15(9)12/h4-7,13-14,18H,1H2,2-3H3/t13-,14+/m1/s1. The molecule has 0 amide bonds. The van der Waals surface area contributed by atoms with Crippen LogP contribution in [-0.2, 0) is 0 Å². The molecule has 1 aromatic carbocycles. The zero-order valence-electron chi connectivity index (χ0n) is 11.2. The summed E-state index contributed by atoms with van der Waals surface area (Å²) in [6.07, 6.45) is -0.971. The topological polar surface area (TPSA) is 59.7 Å². The second-order valence-corrected chi connectivity index (χ2v) is 5.02. The summed E-state index contributed by atoms with van der Waals surface area (Å²) in [5.41, 5.74) is 0.792. The van der Waals surface area contributed by atoms with Crippen LogP contribution in [0.2, 0.25) is 0 Å². The van der Waals surface area contributed by atoms with E-state index in [2.05, 4.69) is 6.58 Å². The fourth-order valence-corrected chi connectivity index (χ4v) is 2.40. The van der Waals surface area contributed by atoms with Crippen molar-refractivity contribution in [3.05, 3.63) is 52.4 Å². The third-order valence-corrected chi connectivity index (χ3v) is 3.52. The number of hydrogen-bond donors (Lipinski definition) is 1. The summed E-state index contributed by atoms with van der Waals surface area (Å²) in [7, 11) is 1.49. The number of ether oxygens (including phenoxy) is 1. The number of hydrogen-bond acceptors (Lipinski definition) is 4. The fourth-order valence-electron chi connectivity index (χ4n) is 1.98. The SMILES string of the molecule is C=C(C)[C@H](O)[C@H](Cl)c1c(OC)ccc2ccc(=O)oc12. The molecule has 106 valence electrons. The molecule has 0 unspecified atom stereocenters. The Balaban J connectivity index is 2.73. The van der Waals surface area contributed by atoms with Crippen molar-refractivity contribution in [1.29, 1.82) is 0 Å². The molecule has 0 bridgehead atoms. The summed E-state index contributed by atoms with van der Waals surface area (Å²) < 4.78 is 10.5. The van der Waals surface area contributed by atoms with E-state index in [1.807, 2.05) is 0 Å². The van der Waals surface area contributed by atoms with Crippen LogP contribution in [0.3, 0.4) is 0 Å². The number of halogens is 1. The largest absolute Gasteiger partial charge is 0.496 e. The second kappa shape index (κ2) is 5.69. The van der Waals surface area contributed by atoms with Crippen molar-refractivity contribution in [3.8, 4) is 5.75 Å². The van der Waals surface area contributed by atoms with E-state index < -0.39 is 17.1 Å². The van der Waals surface area contributed by atoms with Crippen LogP contribution in [-0.4, -0.2) is 18.3 Å². The first kappa shape index (κ1) is 14.6. The summed E-state index contributed by atoms with van der Waals surface area (Å²) in [4.78, 5) is 11.4. The number of benzene rings is 1. The summed E-state index contributed by atoms with van der Waals surface area (Å²) in [5.74, 6) is 0.451. The molecule has 0 saturated carbocycles. The van der Waals surface area contributed by atoms with Gasteiger partial charge in [0.25, 0.3) is 0 Å². The summed E-state index contributed by atoms with van der Waals surface area (Å²) in [6, 6.07) is 6.45. The van der Waals surface area contributed by atoms with Crippen LogP contribution in [0.1, 0.15) is 17.9 Å². The van der Waals surface area contributed by atoms with Gasteiger partial charge in [-0.3, -0.25) is 0 Å². The quantitative estimate of drug-likeness (QED) is 0.535. The number of methoxy groups -OCH3 is 1. The Morgan fingerprint density at radius 3 is 2.65 bits per heavy atom. The minimum Gasteiger partial charge on any atom is -0.496 e. The maximum absolute atomic E-state index is 11.4. The van der Waals surface area contributed by atoms with Crippen molar-refractivity contribution in [1.82, 2.24) is 0 Å². The molecule has 0 fully saturated rings. The number of rotatable bonds is 4. The molecular weight excluding hydrogens is 280 g/mol. The first-order chi connectivity index (χ1) is 9.45. The first-order valence-corrected chi connectivity index (χ1v) is 6.47. The molecule has 0 radical (unpaired) electrons. The average molecular weight is 295 g/mol. The Labute approximate surface area is 121 Å². The van der Waals surface area contributed by atoms with E-state index in [0.717, 1.165) is 0 Å². The molecule has 2 rings (SSSR count). The highest BCUT2D eigenvalue weighted by atomic mass is 35.5. The van der Waals surface area contributed by atoms with Crippen molar-refractivity contribution < 1.29 is 14.3 Å². The van der Waals surface area contributed by atoms with E-state index >= 15 is 0 Å². The van der Waals surface area contributed by atoms with E-state index in [-0.39, 0.29) is 0 Å². The lowest BCUT2D eigenvalue weighted by Crippen LogP contribution is -2.16. The molecule has 0 aliphatic heterocycles. The normalized spacial score (nSPS) is 14.0. The minimum atomic E-state index is -0.971. The van der Waals surface area contributed by atoms with E-state index in [1.165, 1.54) is 13.2 Å². The second-order valence-electron chi connectivity index (χ2n) is 4.55. The van der Waals surface area contributed by atoms with Crippen LogP contribution in [0.15, 0.2) is 45.6 Å². The molecule has 1 aromatic heterocycles. The van der Waals surface area contributed by atoms with Gasteiger partial charge in [0.15, 0.2) is 0 Å². The predicted molar refractivity (Wildman–Crippen MR) is 78.5 cm³/mol. The van der Waals surface area contributed by atoms with Crippen LogP contribution in [0, 0.1) is 0 Å². The molecule has 5 heteroatoms. The fraction of sp³-hybridized carbons (Fsp3) is 0.267. The van der Waals surface area contributed by atoms with Gasteiger partial charge < -0.3 is 14.3 Å². The molecule has 0 aliphatic carbocycles. The zero-order valence-corrected chi connectivity index (χ0v) is 12.0. The highest BCUT2D eigenvalue weighted by molar-refractivity contribution is 6.22. The van der Waals surface area contributed by atoms with E-state index in [4.69, 9.17) is 20.8 Å². The number of alkyl halides is 1. The average Bonchev–Trinajstić information content (AvgIpc) is 2.44. The van der Waals surface area contributed by atoms with Crippen molar-refractivity contribution >= 4 is 22.6 Å². The Morgan fingerprint density at radius 2 is 2.05 bits per heavy atom. The third-order valence-electron chi connectivity index (χ3n) is 3.07. The van der Waals surface area contributed by atoms with Crippen LogP contribution < -0.4 is 10.4 Å². The number of fused-ring (bicyclic) bond motifs is 1. The van der Waals surface area contributed by atoms with Crippen molar-refractivity contribution in [2.75, 3.05) is 7.11 Å². The zero-order chi connectivity index (χ0) is 14.9. The van der Waals surface area contributed by atoms with Gasteiger partial charge in [0, 0.05) is 11.5 Å². The smallest absolute Gasteiger partial charge is 0.336 e. The summed E-state index contributed by atoms with van der Waals surface area (Å²) in [5, 5.41) is 9.98. The monoisotopic (exact) mass is 294 g/mol. The van der Waals surface area contributed by atoms with Gasteiger partial charge >= 0.3 is 5.63 Å². The molecule has 2 atom stereocenters. The van der Waals surface area contributed by atoms with Gasteiger partial charge in [-0.15, -0.1) is 11.6 Å². The minimum absolute atomic E-state index is 0.317. The van der Waals surface area contributed by atoms with Gasteiger partial charge in [-0.1, -0.05) is 12.2 Å². The number of aliphatic hydroxyl groups excluding tert-OH is 1. The Hall–Kier alpha value is -1.78. The summed E-state index contributed by atoms with van der Waals surface area (Å²) in [6.45, 7) is 5.36. The highest BCUT2D eigenvalue weighted by Gasteiger charge is 2.26. The molecule has 20 heavy (non-hydrogen) atoms. The van der Waals surface area contributed by atoms with Gasteiger partial charge in [0.05, 0.1) is 24.2 Å². The van der Waals surface area contributed by atoms with Crippen LogP contribution in [0.4, 0.5) is 0 Å². The maximum atomic E-state index is 11.4. The third kappa shape index (κ3) is 2.57. The molecule has 0 aliphatic rings. The Kier molecular flexibility index (Phi) is 4.16. The van der Waals surface area contributed by atoms with Crippen molar-refractivity contribution in [2.45, 2.75) is 18.4 Å². The van der Waals surface area contributed by atoms with E-state index in [1.54, 1.807) is 25.1 Å². The van der Waals surface area contributed by atoms with Gasteiger partial charge in [-0.2, -0.15) is 0 Å². The van der Waals surface area contributed by atoms with Crippen molar-refractivity contribution in [3.63, 3.8) is 0 Å². The van der Waals surface area contributed by atoms with Crippen LogP contribution in [0.5, 0.6) is 5.75 Å². The van der Waals surface area contributed by atoms with Gasteiger partial charge in [-0.05, 0) is 25.1 Å². The van der Waals surface area contributed by atoms with Crippen LogP contribution >= 0.6 is 11.6 Å². The van der Waals surface area contributed by atoms with Crippen LogP contribution in [0.25, 0.3) is 11.0 Å². The Morgan fingerprint density at radius 1 is 1.40 bits per heavy atom. The van der Waals surface area contributed by atoms with Gasteiger partial charge in [-0.25, -0.2) is 4.79 Å². The molecule has 2 aromatic rings. The number of aliphatic hydroxyl groups is 1. The molecule has 1 heterocycles. The van der Waals surface area contributed by atoms with Gasteiger partial charge in [0.2, 0.25) is 0 Å². The van der Waals surface area contributed by atoms with Gasteiger partial charge in [0.1, 0.15) is 11.3 Å². The molecule has 4 nitrogen and oxygen atoms in total. The highest BCUT2D eigenvalue weighted by Crippen LogP contribution is 2.38. The molecule has 0 saturated heterocycles. The van der Waals surface area contributed by atoms with E-state index in [0.29, 0.717) is 27.9 Å². The molecular formula is C15H15ClO4. The maximum Gasteiger partial charge on any atom is 0.336 e. The lowest BCUT2D eigenvalue weighted by molar-refractivity contribution is 0.204. The molecule has 0 spiro atoms. The lowest BCUT2D eigenvalue weighted by Gasteiger charge is -2.20. The predicted octanol–water partition coefficient (Wildman–Crippen LogP) is 3.02. The first-order valence-electron chi connectivity index (χ1n) is 6.04. The Bertz CT molecular complexity index is 705. The van der Waals surface area contributed by atoms with Crippen molar-refractivity contribution in [2.24, 2.45) is 0 Å². The van der Waals surface area contributed by atoms with E-state index in [9.17, 15) is 9.90 Å². The molecule has 1 N–H and O–H groups in total. The lowest BCUT2D eigenvalue weighted by atomic mass is 9.99. The summed E-state index contributed by atoms with van der Waals surface area (Å²) >= 11 is 6.31.